The number of pyridine rings is 1. The molecule has 0 unspecified atom stereocenters. The van der Waals surface area contributed by atoms with Crippen LogP contribution in [0.5, 0.6) is 11.8 Å². The third kappa shape index (κ3) is 11.9. The maximum Gasteiger partial charge on any atom is 0.417 e. The summed E-state index contributed by atoms with van der Waals surface area (Å²) in [4.78, 5) is 50.1. The number of amides is 2. The standard InChI is InChI=1S/C19H22F3N5O3.C19H19N5O4/c1-12(2)29-18(28)27-7-5-14(6-8-27)30-17-9-16(24-11-25-17)26-15-4-3-13(10-23-15)19(20,21)22;25-19(26)24-6-4-15(5-7-24)28-18-9-17(21-11-22-18)23-14-3-1-2-13(8-14)16-10-20-12-27-16/h3-4,9-12,14H,5-8H2,1-2H3,(H,23,24,25,26);1-3,8-12,15H,4-7H2,(H,25,26)(H,21,22,23). The van der Waals surface area contributed by atoms with Gasteiger partial charge in [0.25, 0.3) is 0 Å². The van der Waals surface area contributed by atoms with Crippen LogP contribution in [0.2, 0.25) is 0 Å². The molecule has 2 saturated heterocycles. The molecule has 6 heterocycles. The van der Waals surface area contributed by atoms with E-state index in [0.717, 1.165) is 23.5 Å². The zero-order chi connectivity index (χ0) is 41.1. The molecule has 1 aromatic carbocycles. The number of carboxylic acid groups (broad SMARTS) is 1. The number of aromatic nitrogens is 6. The third-order valence-corrected chi connectivity index (χ3v) is 8.81. The number of nitrogens with one attached hydrogen (secondary N) is 2. The SMILES string of the molecule is CC(C)OC(=O)N1CCC(Oc2cc(Nc3ccc(C(F)(F)F)cn3)ncn2)CC1.O=C(O)N1CCC(Oc2cc(Nc3cccc(-c4cnco4)c3)ncn2)CC1. The van der Waals surface area contributed by atoms with Gasteiger partial charge in [0.1, 0.15) is 42.3 Å². The molecule has 5 aromatic rings. The maximum atomic E-state index is 12.6. The minimum absolute atomic E-state index is 0.0619. The Balaban J connectivity index is 0.000000196. The molecule has 2 aliphatic rings. The van der Waals surface area contributed by atoms with Crippen molar-refractivity contribution in [3.63, 3.8) is 0 Å². The van der Waals surface area contributed by atoms with Crippen LogP contribution in [0.1, 0.15) is 45.1 Å². The summed E-state index contributed by atoms with van der Waals surface area (Å²) < 4.78 is 60.2. The van der Waals surface area contributed by atoms with E-state index in [1.54, 1.807) is 37.1 Å². The Morgan fingerprint density at radius 3 is 1.95 bits per heavy atom. The van der Waals surface area contributed by atoms with Crippen molar-refractivity contribution < 1.29 is 46.5 Å². The molecule has 0 aliphatic carbocycles. The monoisotopic (exact) mass is 806 g/mol. The van der Waals surface area contributed by atoms with Gasteiger partial charge in [-0.2, -0.15) is 13.2 Å². The molecule has 2 fully saturated rings. The van der Waals surface area contributed by atoms with Crippen molar-refractivity contribution in [2.75, 3.05) is 36.8 Å². The van der Waals surface area contributed by atoms with E-state index in [1.165, 1.54) is 30.0 Å². The highest BCUT2D eigenvalue weighted by Crippen LogP contribution is 2.30. The molecule has 20 heteroatoms. The van der Waals surface area contributed by atoms with Gasteiger partial charge in [0.2, 0.25) is 11.8 Å². The van der Waals surface area contributed by atoms with Gasteiger partial charge >= 0.3 is 18.4 Å². The largest absolute Gasteiger partial charge is 0.474 e. The van der Waals surface area contributed by atoms with Crippen LogP contribution in [-0.2, 0) is 10.9 Å². The highest BCUT2D eigenvalue weighted by Gasteiger charge is 2.31. The van der Waals surface area contributed by atoms with Crippen molar-refractivity contribution in [1.82, 2.24) is 39.7 Å². The predicted octanol–water partition coefficient (Wildman–Crippen LogP) is 7.42. The number of hydrogen-bond acceptors (Lipinski definition) is 14. The first-order valence-electron chi connectivity index (χ1n) is 18.3. The topological polar surface area (TPSA) is 203 Å². The van der Waals surface area contributed by atoms with Crippen LogP contribution in [0.25, 0.3) is 11.3 Å². The molecule has 306 valence electrons. The number of likely N-dealkylation sites (tertiary alicyclic amines) is 2. The quantitative estimate of drug-likeness (QED) is 0.126. The number of carbonyl (C=O) groups is 2. The molecule has 0 radical (unpaired) electrons. The first-order valence-corrected chi connectivity index (χ1v) is 18.3. The number of halogens is 3. The summed E-state index contributed by atoms with van der Waals surface area (Å²) >= 11 is 0. The Morgan fingerprint density at radius 1 is 0.793 bits per heavy atom. The van der Waals surface area contributed by atoms with Crippen LogP contribution in [-0.4, -0.2) is 101 Å². The Bertz CT molecular complexity index is 2090. The predicted molar refractivity (Wildman–Crippen MR) is 202 cm³/mol. The number of hydrogen-bond donors (Lipinski definition) is 3. The van der Waals surface area contributed by atoms with Crippen molar-refractivity contribution in [3.05, 3.63) is 85.5 Å². The van der Waals surface area contributed by atoms with E-state index in [2.05, 4.69) is 40.5 Å². The molecule has 4 aromatic heterocycles. The molecule has 0 saturated carbocycles. The van der Waals surface area contributed by atoms with Crippen LogP contribution in [0.15, 0.2) is 84.4 Å². The van der Waals surface area contributed by atoms with E-state index in [9.17, 15) is 22.8 Å². The zero-order valence-corrected chi connectivity index (χ0v) is 31.5. The molecule has 0 bridgehead atoms. The van der Waals surface area contributed by atoms with Crippen molar-refractivity contribution in [2.45, 2.75) is 64.0 Å². The van der Waals surface area contributed by atoms with E-state index in [0.29, 0.717) is 81.0 Å². The number of anilines is 4. The van der Waals surface area contributed by atoms with Gasteiger partial charge in [-0.05, 0) is 38.1 Å². The van der Waals surface area contributed by atoms with E-state index in [4.69, 9.17) is 23.7 Å². The lowest BCUT2D eigenvalue weighted by Gasteiger charge is -2.31. The van der Waals surface area contributed by atoms with E-state index >= 15 is 0 Å². The fourth-order valence-electron chi connectivity index (χ4n) is 5.91. The van der Waals surface area contributed by atoms with Crippen molar-refractivity contribution >= 4 is 35.3 Å². The molecule has 7 rings (SSSR count). The highest BCUT2D eigenvalue weighted by molar-refractivity contribution is 5.68. The molecule has 0 atom stereocenters. The second-order valence-electron chi connectivity index (χ2n) is 13.4. The number of benzene rings is 1. The first-order chi connectivity index (χ1) is 27.9. The summed E-state index contributed by atoms with van der Waals surface area (Å²) in [5, 5.41) is 15.1. The molecular weight excluding hydrogens is 765 g/mol. The third-order valence-electron chi connectivity index (χ3n) is 8.81. The fourth-order valence-corrected chi connectivity index (χ4v) is 5.91. The van der Waals surface area contributed by atoms with Crippen LogP contribution >= 0.6 is 0 Å². The number of alkyl halides is 3. The summed E-state index contributed by atoms with van der Waals surface area (Å²) in [6.45, 7) is 5.56. The number of ether oxygens (including phenoxy) is 3. The lowest BCUT2D eigenvalue weighted by atomic mass is 10.1. The average molecular weight is 807 g/mol. The van der Waals surface area contributed by atoms with Gasteiger partial charge in [0.05, 0.1) is 17.9 Å². The highest BCUT2D eigenvalue weighted by atomic mass is 19.4. The average Bonchev–Trinajstić information content (AvgIpc) is 3.75. The van der Waals surface area contributed by atoms with E-state index in [1.807, 2.05) is 24.3 Å². The van der Waals surface area contributed by atoms with Gasteiger partial charge in [0, 0.05) is 81.4 Å². The molecule has 2 amide bonds. The van der Waals surface area contributed by atoms with Crippen molar-refractivity contribution in [2.24, 2.45) is 0 Å². The molecular formula is C38H41F3N10O7. The molecule has 2 aliphatic heterocycles. The Hall–Kier alpha value is -6.73. The van der Waals surface area contributed by atoms with E-state index < -0.39 is 17.8 Å². The van der Waals surface area contributed by atoms with Gasteiger partial charge in [0.15, 0.2) is 12.2 Å². The summed E-state index contributed by atoms with van der Waals surface area (Å²) in [7, 11) is 0. The van der Waals surface area contributed by atoms with Gasteiger partial charge in [-0.3, -0.25) is 0 Å². The van der Waals surface area contributed by atoms with Crippen LogP contribution in [0.3, 0.4) is 0 Å². The zero-order valence-electron chi connectivity index (χ0n) is 31.5. The lowest BCUT2D eigenvalue weighted by Crippen LogP contribution is -2.42. The van der Waals surface area contributed by atoms with Crippen molar-refractivity contribution in [1.29, 1.82) is 0 Å². The van der Waals surface area contributed by atoms with Crippen LogP contribution in [0, 0.1) is 0 Å². The van der Waals surface area contributed by atoms with Gasteiger partial charge in [-0.25, -0.2) is 39.5 Å². The van der Waals surface area contributed by atoms with Crippen molar-refractivity contribution in [3.8, 4) is 23.1 Å². The molecule has 0 spiro atoms. The number of nitrogens with zero attached hydrogens (tertiary/aromatic N) is 8. The first kappa shape index (κ1) is 40.9. The molecule has 58 heavy (non-hydrogen) atoms. The maximum absolute atomic E-state index is 12.6. The van der Waals surface area contributed by atoms with Gasteiger partial charge < -0.3 is 44.2 Å². The minimum Gasteiger partial charge on any atom is -0.474 e. The molecule has 17 nitrogen and oxygen atoms in total. The number of oxazole rings is 1. The second-order valence-corrected chi connectivity index (χ2v) is 13.4. The lowest BCUT2D eigenvalue weighted by molar-refractivity contribution is -0.137. The molecule has 3 N–H and O–H groups in total. The van der Waals surface area contributed by atoms with Crippen LogP contribution < -0.4 is 20.1 Å². The fraction of sp³-hybridized carbons (Fsp3) is 0.368. The summed E-state index contributed by atoms with van der Waals surface area (Å²) in [5.74, 6) is 2.61. The summed E-state index contributed by atoms with van der Waals surface area (Å²) in [6, 6.07) is 13.1. The summed E-state index contributed by atoms with van der Waals surface area (Å²) in [5.41, 5.74) is 0.912. The van der Waals surface area contributed by atoms with E-state index in [-0.39, 0.29) is 30.2 Å². The number of piperidine rings is 2. The van der Waals surface area contributed by atoms with Gasteiger partial charge in [-0.15, -0.1) is 0 Å². The number of rotatable bonds is 10. The Kier molecular flexibility index (Phi) is 13.4. The number of carbonyl (C=O) groups excluding carboxylic acids is 1. The normalized spacial score (nSPS) is 14.9. The Labute approximate surface area is 330 Å². The second kappa shape index (κ2) is 18.9. The van der Waals surface area contributed by atoms with Gasteiger partial charge in [-0.1, -0.05) is 12.1 Å². The minimum atomic E-state index is -4.44. The smallest absolute Gasteiger partial charge is 0.417 e. The summed E-state index contributed by atoms with van der Waals surface area (Å²) in [6.07, 6.45) is 3.03. The Morgan fingerprint density at radius 2 is 1.41 bits per heavy atom. The van der Waals surface area contributed by atoms with Crippen LogP contribution in [0.4, 0.5) is 45.9 Å².